The second kappa shape index (κ2) is 6.05. The van der Waals surface area contributed by atoms with Crippen LogP contribution in [0.25, 0.3) is 0 Å². The number of hydrogen-bond acceptors (Lipinski definition) is 5. The highest BCUT2D eigenvalue weighted by Crippen LogP contribution is 2.13. The van der Waals surface area contributed by atoms with Crippen molar-refractivity contribution in [2.75, 3.05) is 17.2 Å². The van der Waals surface area contributed by atoms with E-state index in [1.54, 1.807) is 6.20 Å². The minimum atomic E-state index is 0.647. The van der Waals surface area contributed by atoms with Gasteiger partial charge in [-0.15, -0.1) is 0 Å². The lowest BCUT2D eigenvalue weighted by atomic mass is 10.3. The van der Waals surface area contributed by atoms with Crippen LogP contribution >= 0.6 is 0 Å². The lowest BCUT2D eigenvalue weighted by molar-refractivity contribution is 0.391. The van der Waals surface area contributed by atoms with E-state index < -0.39 is 0 Å². The van der Waals surface area contributed by atoms with Gasteiger partial charge in [-0.05, 0) is 19.4 Å². The number of nitrogens with zero attached hydrogens (tertiary/aromatic N) is 2. The lowest BCUT2D eigenvalue weighted by Gasteiger charge is -2.07. The number of hydrogen-bond donors (Lipinski definition) is 2. The van der Waals surface area contributed by atoms with Crippen molar-refractivity contribution < 1.29 is 4.52 Å². The number of rotatable bonds is 6. The summed E-state index contributed by atoms with van der Waals surface area (Å²) in [5, 5.41) is 10.5. The van der Waals surface area contributed by atoms with E-state index in [1.807, 2.05) is 25.1 Å². The number of nitrogens with one attached hydrogen (secondary N) is 2. The fraction of sp³-hybridized carbons (Fsp3) is 0.385. The average molecular weight is 246 g/mol. The highest BCUT2D eigenvalue weighted by molar-refractivity contribution is 5.51. The predicted molar refractivity (Wildman–Crippen MR) is 71.6 cm³/mol. The molecule has 0 radical (unpaired) electrons. The van der Waals surface area contributed by atoms with Crippen LogP contribution in [0.1, 0.15) is 24.8 Å². The molecule has 0 aliphatic rings. The smallest absolute Gasteiger partial charge is 0.133 e. The van der Waals surface area contributed by atoms with Crippen LogP contribution in [0.2, 0.25) is 0 Å². The number of anilines is 2. The Morgan fingerprint density at radius 1 is 1.28 bits per heavy atom. The second-order valence-corrected chi connectivity index (χ2v) is 4.14. The van der Waals surface area contributed by atoms with Crippen LogP contribution in [-0.4, -0.2) is 16.7 Å². The second-order valence-electron chi connectivity index (χ2n) is 4.14. The van der Waals surface area contributed by atoms with Gasteiger partial charge in [0.1, 0.15) is 17.3 Å². The normalized spacial score (nSPS) is 10.3. The molecule has 96 valence electrons. The van der Waals surface area contributed by atoms with Gasteiger partial charge in [0.2, 0.25) is 0 Å². The summed E-state index contributed by atoms with van der Waals surface area (Å²) in [5.74, 6) is 1.71. The molecule has 0 fully saturated rings. The van der Waals surface area contributed by atoms with E-state index in [9.17, 15) is 0 Å². The van der Waals surface area contributed by atoms with E-state index in [-0.39, 0.29) is 0 Å². The van der Waals surface area contributed by atoms with Crippen molar-refractivity contribution in [3.63, 3.8) is 0 Å². The first-order valence-corrected chi connectivity index (χ1v) is 6.14. The van der Waals surface area contributed by atoms with Crippen molar-refractivity contribution in [3.8, 4) is 0 Å². The largest absolute Gasteiger partial charge is 0.379 e. The Balaban J connectivity index is 1.92. The van der Waals surface area contributed by atoms with Crippen molar-refractivity contribution in [3.05, 3.63) is 35.9 Å². The molecule has 0 aliphatic heterocycles. The molecule has 0 saturated carbocycles. The lowest BCUT2D eigenvalue weighted by Crippen LogP contribution is -2.04. The van der Waals surface area contributed by atoms with Gasteiger partial charge >= 0.3 is 0 Å². The van der Waals surface area contributed by atoms with E-state index in [2.05, 4.69) is 27.7 Å². The Hall–Kier alpha value is -2.04. The van der Waals surface area contributed by atoms with E-state index in [1.165, 1.54) is 0 Å². The van der Waals surface area contributed by atoms with Gasteiger partial charge in [0.25, 0.3) is 0 Å². The first kappa shape index (κ1) is 12.4. The molecule has 0 aliphatic carbocycles. The zero-order valence-corrected chi connectivity index (χ0v) is 10.7. The molecule has 0 unspecified atom stereocenters. The Bertz CT molecular complexity index is 495. The van der Waals surface area contributed by atoms with Crippen molar-refractivity contribution >= 4 is 11.5 Å². The molecule has 5 nitrogen and oxygen atoms in total. The maximum absolute atomic E-state index is 5.02. The highest BCUT2D eigenvalue weighted by atomic mass is 16.5. The zero-order chi connectivity index (χ0) is 12.8. The van der Waals surface area contributed by atoms with Gasteiger partial charge in [-0.25, -0.2) is 4.98 Å². The van der Waals surface area contributed by atoms with E-state index in [4.69, 9.17) is 4.52 Å². The molecule has 0 aromatic carbocycles. The summed E-state index contributed by atoms with van der Waals surface area (Å²) >= 11 is 0. The molecule has 18 heavy (non-hydrogen) atoms. The van der Waals surface area contributed by atoms with Gasteiger partial charge in [-0.2, -0.15) is 0 Å². The van der Waals surface area contributed by atoms with Crippen LogP contribution in [-0.2, 0) is 6.54 Å². The van der Waals surface area contributed by atoms with Gasteiger partial charge in [0, 0.05) is 30.6 Å². The van der Waals surface area contributed by atoms with E-state index in [0.717, 1.165) is 35.9 Å². The Kier molecular flexibility index (Phi) is 4.17. The van der Waals surface area contributed by atoms with Crippen LogP contribution in [0.3, 0.4) is 0 Å². The molecular formula is C13H18N4O. The molecule has 0 amide bonds. The first-order valence-electron chi connectivity index (χ1n) is 6.14. The Morgan fingerprint density at radius 2 is 2.17 bits per heavy atom. The molecule has 0 saturated heterocycles. The molecule has 0 spiro atoms. The molecule has 2 heterocycles. The third-order valence-electron chi connectivity index (χ3n) is 2.47. The fourth-order valence-corrected chi connectivity index (χ4v) is 1.58. The van der Waals surface area contributed by atoms with Crippen molar-refractivity contribution in [1.82, 2.24) is 10.1 Å². The van der Waals surface area contributed by atoms with Crippen molar-refractivity contribution in [1.29, 1.82) is 0 Å². The van der Waals surface area contributed by atoms with Gasteiger partial charge in [-0.1, -0.05) is 12.1 Å². The van der Waals surface area contributed by atoms with Crippen LogP contribution in [0.5, 0.6) is 0 Å². The summed E-state index contributed by atoms with van der Waals surface area (Å²) in [4.78, 5) is 4.25. The van der Waals surface area contributed by atoms with Crippen molar-refractivity contribution in [2.45, 2.75) is 26.8 Å². The highest BCUT2D eigenvalue weighted by Gasteiger charge is 2.01. The topological polar surface area (TPSA) is 63.0 Å². The average Bonchev–Trinajstić information content (AvgIpc) is 2.80. The van der Waals surface area contributed by atoms with Crippen LogP contribution in [0.4, 0.5) is 11.5 Å². The monoisotopic (exact) mass is 246 g/mol. The Morgan fingerprint density at radius 3 is 2.89 bits per heavy atom. The molecule has 0 atom stereocenters. The van der Waals surface area contributed by atoms with Gasteiger partial charge in [0.05, 0.1) is 6.54 Å². The minimum absolute atomic E-state index is 0.647. The molecule has 2 aromatic rings. The zero-order valence-electron chi connectivity index (χ0n) is 10.7. The third-order valence-corrected chi connectivity index (χ3v) is 2.47. The van der Waals surface area contributed by atoms with Gasteiger partial charge in [0.15, 0.2) is 0 Å². The van der Waals surface area contributed by atoms with Crippen molar-refractivity contribution in [2.24, 2.45) is 0 Å². The summed E-state index contributed by atoms with van der Waals surface area (Å²) in [7, 11) is 0. The molecule has 5 heteroatoms. The molecule has 2 rings (SSSR count). The quantitative estimate of drug-likeness (QED) is 0.820. The maximum Gasteiger partial charge on any atom is 0.133 e. The van der Waals surface area contributed by atoms with E-state index in [0.29, 0.717) is 6.54 Å². The van der Waals surface area contributed by atoms with Crippen LogP contribution in [0, 0.1) is 6.92 Å². The molecular weight excluding hydrogens is 228 g/mol. The fourth-order valence-electron chi connectivity index (χ4n) is 1.58. The standard InChI is InChI=1S/C13H18N4O/c1-3-5-14-13-8-11(4-6-15-13)16-9-12-7-10(2)18-17-12/h4,6-8H,3,5,9H2,1-2H3,(H2,14,15,16). The van der Waals surface area contributed by atoms with Crippen LogP contribution in [0.15, 0.2) is 28.9 Å². The Labute approximate surface area is 107 Å². The SMILES string of the molecule is CCCNc1cc(NCc2cc(C)on2)ccn1. The van der Waals surface area contributed by atoms with E-state index >= 15 is 0 Å². The third kappa shape index (κ3) is 3.48. The molecule has 2 aromatic heterocycles. The molecule has 2 N–H and O–H groups in total. The predicted octanol–water partition coefficient (Wildman–Crippen LogP) is 2.81. The number of pyridine rings is 1. The summed E-state index contributed by atoms with van der Waals surface area (Å²) in [5.41, 5.74) is 1.91. The van der Waals surface area contributed by atoms with Gasteiger partial charge < -0.3 is 15.2 Å². The molecule has 0 bridgehead atoms. The minimum Gasteiger partial charge on any atom is -0.379 e. The van der Waals surface area contributed by atoms with Crippen LogP contribution < -0.4 is 10.6 Å². The summed E-state index contributed by atoms with van der Waals surface area (Å²) in [6.45, 7) is 5.59. The number of aryl methyl sites for hydroxylation is 1. The summed E-state index contributed by atoms with van der Waals surface area (Å²) in [6.07, 6.45) is 2.87. The summed E-state index contributed by atoms with van der Waals surface area (Å²) < 4.78 is 5.02. The van der Waals surface area contributed by atoms with Gasteiger partial charge in [-0.3, -0.25) is 0 Å². The maximum atomic E-state index is 5.02. The number of aromatic nitrogens is 2. The summed E-state index contributed by atoms with van der Waals surface area (Å²) in [6, 6.07) is 5.84. The first-order chi connectivity index (χ1) is 8.78.